The fourth-order valence-corrected chi connectivity index (χ4v) is 3.20. The first-order valence-electron chi connectivity index (χ1n) is 10.1. The van der Waals surface area contributed by atoms with Gasteiger partial charge in [-0.25, -0.2) is 24.5 Å². The normalized spacial score (nSPS) is 10.0. The minimum Gasteiger partial charge on any atom is -0.465 e. The van der Waals surface area contributed by atoms with E-state index in [1.54, 1.807) is 54.7 Å². The van der Waals surface area contributed by atoms with Gasteiger partial charge in [-0.05, 0) is 40.2 Å². The third kappa shape index (κ3) is 6.36. The largest absolute Gasteiger partial charge is 0.465 e. The van der Waals surface area contributed by atoms with Gasteiger partial charge < -0.3 is 20.9 Å². The number of carbonyl (C=O) groups is 2. The van der Waals surface area contributed by atoms with Gasteiger partial charge >= 0.3 is 11.9 Å². The first-order valence-corrected chi connectivity index (χ1v) is 10.8. The van der Waals surface area contributed by atoms with E-state index in [0.717, 1.165) is 11.1 Å². The van der Waals surface area contributed by atoms with Gasteiger partial charge in [-0.2, -0.15) is 0 Å². The molecule has 4 N–H and O–H groups in total. The maximum Gasteiger partial charge on any atom is 0.337 e. The molecule has 4 rings (SSSR count). The highest BCUT2D eigenvalue weighted by Gasteiger charge is 2.10. The lowest BCUT2D eigenvalue weighted by atomic mass is 10.1. The van der Waals surface area contributed by atoms with Crippen LogP contribution in [0.3, 0.4) is 0 Å². The Balaban J connectivity index is 0.000000196. The van der Waals surface area contributed by atoms with Crippen LogP contribution >= 0.6 is 15.9 Å². The Bertz CT molecular complexity index is 1330. The second-order valence-electron chi connectivity index (χ2n) is 6.85. The van der Waals surface area contributed by atoms with Crippen LogP contribution in [0.1, 0.15) is 20.7 Å². The lowest BCUT2D eigenvalue weighted by molar-refractivity contribution is 0.0592. The molecule has 0 saturated heterocycles. The highest BCUT2D eigenvalue weighted by Crippen LogP contribution is 2.24. The van der Waals surface area contributed by atoms with E-state index in [1.807, 2.05) is 0 Å². The van der Waals surface area contributed by atoms with Crippen LogP contribution in [-0.2, 0) is 9.47 Å². The Morgan fingerprint density at radius 3 is 1.66 bits per heavy atom. The van der Waals surface area contributed by atoms with Crippen molar-refractivity contribution in [2.24, 2.45) is 0 Å². The summed E-state index contributed by atoms with van der Waals surface area (Å²) in [4.78, 5) is 38.9. The minimum absolute atomic E-state index is 0.337. The quantitative estimate of drug-likeness (QED) is 0.367. The molecule has 2 aromatic heterocycles. The Morgan fingerprint density at radius 1 is 0.714 bits per heavy atom. The summed E-state index contributed by atoms with van der Waals surface area (Å²) in [6.07, 6.45) is 4.63. The number of methoxy groups -OCH3 is 2. The first-order chi connectivity index (χ1) is 16.8. The number of carbonyl (C=O) groups excluding carboxylic acids is 2. The Labute approximate surface area is 209 Å². The third-order valence-electron chi connectivity index (χ3n) is 4.66. The number of aromatic nitrogens is 4. The van der Waals surface area contributed by atoms with Crippen molar-refractivity contribution in [2.45, 2.75) is 0 Å². The molecule has 10 nitrogen and oxygen atoms in total. The van der Waals surface area contributed by atoms with Crippen LogP contribution in [0.15, 0.2) is 71.7 Å². The van der Waals surface area contributed by atoms with Crippen molar-refractivity contribution in [3.8, 4) is 22.5 Å². The zero-order chi connectivity index (χ0) is 25.4. The molecule has 11 heteroatoms. The number of benzene rings is 2. The summed E-state index contributed by atoms with van der Waals surface area (Å²) in [6.45, 7) is 0. The molecule has 0 aliphatic heterocycles. The summed E-state index contributed by atoms with van der Waals surface area (Å²) in [5.74, 6) is -0.0548. The van der Waals surface area contributed by atoms with Gasteiger partial charge in [0.15, 0.2) is 0 Å². The van der Waals surface area contributed by atoms with E-state index >= 15 is 0 Å². The minimum atomic E-state index is -0.380. The molecule has 2 heterocycles. The fraction of sp³-hybridized carbons (Fsp3) is 0.0833. The number of esters is 2. The number of hydrogen-bond acceptors (Lipinski definition) is 10. The molecule has 0 saturated carbocycles. The van der Waals surface area contributed by atoms with Gasteiger partial charge in [-0.15, -0.1) is 0 Å². The van der Waals surface area contributed by atoms with Gasteiger partial charge in [-0.3, -0.25) is 4.98 Å². The average molecular weight is 537 g/mol. The molecule has 0 aliphatic rings. The maximum atomic E-state index is 11.3. The summed E-state index contributed by atoms with van der Waals surface area (Å²) >= 11 is 3.24. The van der Waals surface area contributed by atoms with Crippen LogP contribution in [0.25, 0.3) is 22.5 Å². The van der Waals surface area contributed by atoms with Crippen molar-refractivity contribution < 1.29 is 19.1 Å². The second kappa shape index (κ2) is 11.7. The van der Waals surface area contributed by atoms with E-state index < -0.39 is 0 Å². The molecule has 0 radical (unpaired) electrons. The summed E-state index contributed by atoms with van der Waals surface area (Å²) in [5, 5.41) is 0. The van der Waals surface area contributed by atoms with Crippen LogP contribution in [0.4, 0.5) is 11.6 Å². The van der Waals surface area contributed by atoms with Gasteiger partial charge in [0.05, 0.1) is 31.5 Å². The standard InChI is InChI=1S/C12H10BrN3O2.C12H11N3O2/c1-18-12(17)8-4-2-7(3-5-8)10-11(14)15-6-9(13)16-10;1-17-12(16)9-4-2-8(3-5-9)10-11(13)15-7-6-14-10/h2-6H,1H3,(H2,14,15);2-7H,1H3,(H2,13,15). The number of nitrogen functional groups attached to an aromatic ring is 2. The topological polar surface area (TPSA) is 156 Å². The number of nitrogens with zero attached hydrogens (tertiary/aromatic N) is 4. The third-order valence-corrected chi connectivity index (χ3v) is 5.04. The second-order valence-corrected chi connectivity index (χ2v) is 7.67. The lowest BCUT2D eigenvalue weighted by Crippen LogP contribution is -2.01. The molecule has 0 amide bonds. The Morgan fingerprint density at radius 2 is 1.17 bits per heavy atom. The number of hydrogen-bond donors (Lipinski definition) is 2. The SMILES string of the molecule is COC(=O)c1ccc(-c2nc(Br)cnc2N)cc1.COC(=O)c1ccc(-c2nccnc2N)cc1. The molecule has 35 heavy (non-hydrogen) atoms. The van der Waals surface area contributed by atoms with E-state index in [1.165, 1.54) is 26.6 Å². The van der Waals surface area contributed by atoms with Crippen LogP contribution in [0.5, 0.6) is 0 Å². The van der Waals surface area contributed by atoms with E-state index in [9.17, 15) is 9.59 Å². The van der Waals surface area contributed by atoms with Gasteiger partial charge in [0.2, 0.25) is 0 Å². The monoisotopic (exact) mass is 536 g/mol. The van der Waals surface area contributed by atoms with Crippen molar-refractivity contribution in [1.29, 1.82) is 0 Å². The smallest absolute Gasteiger partial charge is 0.337 e. The number of halogens is 1. The van der Waals surface area contributed by atoms with Crippen LogP contribution in [-0.4, -0.2) is 46.1 Å². The summed E-state index contributed by atoms with van der Waals surface area (Å²) < 4.78 is 9.84. The Kier molecular flexibility index (Phi) is 8.41. The summed E-state index contributed by atoms with van der Waals surface area (Å²) in [7, 11) is 2.69. The van der Waals surface area contributed by atoms with Gasteiger partial charge in [0, 0.05) is 23.5 Å². The molecule has 0 bridgehead atoms. The van der Waals surface area contributed by atoms with E-state index in [4.69, 9.17) is 11.5 Å². The van der Waals surface area contributed by atoms with E-state index in [0.29, 0.717) is 38.8 Å². The highest BCUT2D eigenvalue weighted by atomic mass is 79.9. The van der Waals surface area contributed by atoms with E-state index in [2.05, 4.69) is 45.3 Å². The molecule has 0 unspecified atom stereocenters. The molecule has 0 fully saturated rings. The number of rotatable bonds is 4. The van der Waals surface area contributed by atoms with Gasteiger partial charge in [-0.1, -0.05) is 24.3 Å². The van der Waals surface area contributed by atoms with Crippen LogP contribution < -0.4 is 11.5 Å². The highest BCUT2D eigenvalue weighted by molar-refractivity contribution is 9.10. The molecular formula is C24H21BrN6O4. The van der Waals surface area contributed by atoms with Crippen molar-refractivity contribution in [1.82, 2.24) is 19.9 Å². The summed E-state index contributed by atoms with van der Waals surface area (Å²) in [6, 6.07) is 13.6. The molecule has 0 aliphatic carbocycles. The zero-order valence-electron chi connectivity index (χ0n) is 18.8. The predicted octanol–water partition coefficient (Wildman–Crippen LogP) is 3.79. The van der Waals surface area contributed by atoms with Crippen molar-refractivity contribution in [3.63, 3.8) is 0 Å². The molecular weight excluding hydrogens is 516 g/mol. The molecule has 2 aromatic carbocycles. The number of ether oxygens (including phenoxy) is 2. The molecule has 4 aromatic rings. The molecule has 0 atom stereocenters. The van der Waals surface area contributed by atoms with Gasteiger partial charge in [0.1, 0.15) is 27.6 Å². The number of nitrogens with two attached hydrogens (primary N) is 2. The molecule has 178 valence electrons. The van der Waals surface area contributed by atoms with Crippen molar-refractivity contribution in [2.75, 3.05) is 25.7 Å². The lowest BCUT2D eigenvalue weighted by Gasteiger charge is -2.05. The Hall–Kier alpha value is -4.38. The first kappa shape index (κ1) is 25.2. The summed E-state index contributed by atoms with van der Waals surface area (Å²) in [5.41, 5.74) is 15.2. The van der Waals surface area contributed by atoms with Crippen LogP contribution in [0.2, 0.25) is 0 Å². The van der Waals surface area contributed by atoms with Gasteiger partial charge in [0.25, 0.3) is 0 Å². The zero-order valence-corrected chi connectivity index (χ0v) is 20.4. The maximum absolute atomic E-state index is 11.3. The molecule has 0 spiro atoms. The predicted molar refractivity (Wildman–Crippen MR) is 134 cm³/mol. The van der Waals surface area contributed by atoms with Crippen molar-refractivity contribution >= 4 is 39.5 Å². The fourth-order valence-electron chi connectivity index (χ4n) is 2.92. The average Bonchev–Trinajstić information content (AvgIpc) is 2.90. The number of anilines is 2. The van der Waals surface area contributed by atoms with E-state index in [-0.39, 0.29) is 11.9 Å². The van der Waals surface area contributed by atoms with Crippen LogP contribution in [0, 0.1) is 0 Å². The van der Waals surface area contributed by atoms with Crippen molar-refractivity contribution in [3.05, 3.63) is 82.9 Å².